The molecule has 118 valence electrons. The van der Waals surface area contributed by atoms with Crippen LogP contribution in [0.3, 0.4) is 0 Å². The van der Waals surface area contributed by atoms with Gasteiger partial charge in [-0.05, 0) is 17.7 Å². The molecule has 0 spiro atoms. The van der Waals surface area contributed by atoms with Crippen molar-refractivity contribution in [3.8, 4) is 5.75 Å². The van der Waals surface area contributed by atoms with Gasteiger partial charge in [-0.25, -0.2) is 0 Å². The zero-order valence-electron chi connectivity index (χ0n) is 12.5. The van der Waals surface area contributed by atoms with Crippen molar-refractivity contribution in [2.45, 2.75) is 19.0 Å². The summed E-state index contributed by atoms with van der Waals surface area (Å²) in [7, 11) is 3.52. The van der Waals surface area contributed by atoms with E-state index in [1.165, 1.54) is 0 Å². The minimum absolute atomic E-state index is 0. The maximum absolute atomic E-state index is 12.2. The molecule has 4 nitrogen and oxygen atoms in total. The number of nitrogens with one attached hydrogen (secondary N) is 1. The fourth-order valence-electron chi connectivity index (χ4n) is 2.21. The van der Waals surface area contributed by atoms with Crippen LogP contribution < -0.4 is 10.1 Å². The summed E-state index contributed by atoms with van der Waals surface area (Å²) in [6.45, 7) is 1.65. The number of rotatable bonds is 5. The van der Waals surface area contributed by atoms with Gasteiger partial charge in [0.2, 0.25) is 5.91 Å². The van der Waals surface area contributed by atoms with Crippen LogP contribution in [0.4, 0.5) is 0 Å². The predicted octanol–water partition coefficient (Wildman–Crippen LogP) is 2.17. The number of hydrogen-bond acceptors (Lipinski definition) is 4. The molecule has 0 saturated carbocycles. The average molecular weight is 331 g/mol. The van der Waals surface area contributed by atoms with E-state index in [0.29, 0.717) is 19.0 Å². The van der Waals surface area contributed by atoms with Gasteiger partial charge in [0.05, 0.1) is 7.11 Å². The molecule has 0 radical (unpaired) electrons. The fraction of sp³-hybridized carbons (Fsp3) is 0.533. The van der Waals surface area contributed by atoms with Crippen molar-refractivity contribution in [1.29, 1.82) is 0 Å². The molecule has 1 aliphatic rings. The van der Waals surface area contributed by atoms with Crippen molar-refractivity contribution in [2.24, 2.45) is 0 Å². The Morgan fingerprint density at radius 3 is 2.71 bits per heavy atom. The molecule has 1 unspecified atom stereocenters. The second-order valence-corrected chi connectivity index (χ2v) is 6.18. The van der Waals surface area contributed by atoms with Crippen LogP contribution in [0.25, 0.3) is 0 Å². The third-order valence-corrected chi connectivity index (χ3v) is 4.55. The summed E-state index contributed by atoms with van der Waals surface area (Å²) in [5, 5.41) is 3.40. The highest BCUT2D eigenvalue weighted by atomic mass is 35.5. The second-order valence-electron chi connectivity index (χ2n) is 5.03. The van der Waals surface area contributed by atoms with Crippen molar-refractivity contribution in [3.63, 3.8) is 0 Å². The maximum atomic E-state index is 12.2. The summed E-state index contributed by atoms with van der Waals surface area (Å²) in [4.78, 5) is 14.0. The Balaban J connectivity index is 0.00000220. The SMILES string of the molecule is COc1ccc(CN(C)C(=O)CC2CSCCN2)cc1.Cl. The number of nitrogens with zero attached hydrogens (tertiary/aromatic N) is 1. The summed E-state index contributed by atoms with van der Waals surface area (Å²) >= 11 is 1.92. The van der Waals surface area contributed by atoms with Gasteiger partial charge in [-0.2, -0.15) is 11.8 Å². The highest BCUT2D eigenvalue weighted by molar-refractivity contribution is 7.99. The third kappa shape index (κ3) is 5.77. The Kier molecular flexibility index (Phi) is 7.93. The van der Waals surface area contributed by atoms with E-state index < -0.39 is 0 Å². The number of amides is 1. The first-order chi connectivity index (χ1) is 9.69. The zero-order chi connectivity index (χ0) is 14.4. The molecule has 1 heterocycles. The zero-order valence-corrected chi connectivity index (χ0v) is 14.1. The third-order valence-electron chi connectivity index (χ3n) is 3.42. The largest absolute Gasteiger partial charge is 0.497 e. The van der Waals surface area contributed by atoms with E-state index in [1.807, 2.05) is 43.1 Å². The lowest BCUT2D eigenvalue weighted by molar-refractivity contribution is -0.130. The first-order valence-corrected chi connectivity index (χ1v) is 8.02. The lowest BCUT2D eigenvalue weighted by Gasteiger charge is -2.25. The smallest absolute Gasteiger partial charge is 0.224 e. The number of benzene rings is 1. The lowest BCUT2D eigenvalue weighted by Crippen LogP contribution is -2.41. The number of halogens is 1. The van der Waals surface area contributed by atoms with E-state index in [2.05, 4.69) is 5.32 Å². The van der Waals surface area contributed by atoms with Crippen LogP contribution in [0.15, 0.2) is 24.3 Å². The van der Waals surface area contributed by atoms with Crippen LogP contribution in [0.1, 0.15) is 12.0 Å². The predicted molar refractivity (Wildman–Crippen MR) is 90.4 cm³/mol. The Morgan fingerprint density at radius 1 is 1.43 bits per heavy atom. The normalized spacial score (nSPS) is 17.7. The number of carbonyl (C=O) groups is 1. The summed E-state index contributed by atoms with van der Waals surface area (Å²) in [5.41, 5.74) is 1.12. The van der Waals surface area contributed by atoms with Gasteiger partial charge in [0, 0.05) is 44.1 Å². The van der Waals surface area contributed by atoms with E-state index in [1.54, 1.807) is 12.0 Å². The van der Waals surface area contributed by atoms with E-state index in [0.717, 1.165) is 29.4 Å². The van der Waals surface area contributed by atoms with Crippen LogP contribution >= 0.6 is 24.2 Å². The molecule has 0 aromatic heterocycles. The highest BCUT2D eigenvalue weighted by Gasteiger charge is 2.19. The maximum Gasteiger partial charge on any atom is 0.224 e. The van der Waals surface area contributed by atoms with Gasteiger partial charge in [0.25, 0.3) is 0 Å². The molecule has 1 aliphatic heterocycles. The van der Waals surface area contributed by atoms with E-state index in [9.17, 15) is 4.79 Å². The Hall–Kier alpha value is -0.910. The van der Waals surface area contributed by atoms with Gasteiger partial charge >= 0.3 is 0 Å². The van der Waals surface area contributed by atoms with Crippen molar-refractivity contribution in [3.05, 3.63) is 29.8 Å². The van der Waals surface area contributed by atoms with Crippen molar-refractivity contribution in [1.82, 2.24) is 10.2 Å². The first-order valence-electron chi connectivity index (χ1n) is 6.87. The first kappa shape index (κ1) is 18.1. The minimum Gasteiger partial charge on any atom is -0.497 e. The number of methoxy groups -OCH3 is 1. The quantitative estimate of drug-likeness (QED) is 0.898. The molecule has 0 aliphatic carbocycles. The lowest BCUT2D eigenvalue weighted by atomic mass is 10.1. The molecule has 21 heavy (non-hydrogen) atoms. The molecule has 1 atom stereocenters. The minimum atomic E-state index is 0. The molecule has 2 rings (SSSR count). The summed E-state index contributed by atoms with van der Waals surface area (Å²) in [6, 6.07) is 8.16. The summed E-state index contributed by atoms with van der Waals surface area (Å²) in [6.07, 6.45) is 0.583. The van der Waals surface area contributed by atoms with Gasteiger partial charge < -0.3 is 15.0 Å². The molecule has 1 N–H and O–H groups in total. The van der Waals surface area contributed by atoms with Crippen LogP contribution in [0.2, 0.25) is 0 Å². The Morgan fingerprint density at radius 2 is 2.14 bits per heavy atom. The molecule has 1 saturated heterocycles. The Bertz CT molecular complexity index is 436. The van der Waals surface area contributed by atoms with E-state index in [-0.39, 0.29) is 18.3 Å². The van der Waals surface area contributed by atoms with Gasteiger partial charge in [0.15, 0.2) is 0 Å². The van der Waals surface area contributed by atoms with Crippen LogP contribution in [0.5, 0.6) is 5.75 Å². The highest BCUT2D eigenvalue weighted by Crippen LogP contribution is 2.14. The molecular weight excluding hydrogens is 308 g/mol. The number of carbonyl (C=O) groups excluding carboxylic acids is 1. The fourth-order valence-corrected chi connectivity index (χ4v) is 3.16. The molecule has 1 amide bonds. The van der Waals surface area contributed by atoms with E-state index >= 15 is 0 Å². The van der Waals surface area contributed by atoms with E-state index in [4.69, 9.17) is 4.74 Å². The van der Waals surface area contributed by atoms with Gasteiger partial charge in [-0.1, -0.05) is 12.1 Å². The monoisotopic (exact) mass is 330 g/mol. The van der Waals surface area contributed by atoms with Crippen LogP contribution in [-0.2, 0) is 11.3 Å². The van der Waals surface area contributed by atoms with Crippen molar-refractivity contribution < 1.29 is 9.53 Å². The average Bonchev–Trinajstić information content (AvgIpc) is 2.49. The summed E-state index contributed by atoms with van der Waals surface area (Å²) < 4.78 is 5.13. The van der Waals surface area contributed by atoms with Crippen molar-refractivity contribution >= 4 is 30.1 Å². The molecular formula is C15H23ClN2O2S. The molecule has 0 bridgehead atoms. The van der Waals surface area contributed by atoms with Crippen LogP contribution in [-0.4, -0.2) is 49.1 Å². The standard InChI is InChI=1S/C15H22N2O2S.ClH/c1-17(10-12-3-5-14(19-2)6-4-12)15(18)9-13-11-20-8-7-16-13;/h3-6,13,16H,7-11H2,1-2H3;1H. The van der Waals surface area contributed by atoms with Gasteiger partial charge in [0.1, 0.15) is 5.75 Å². The molecule has 1 aromatic carbocycles. The molecule has 1 fully saturated rings. The molecule has 6 heteroatoms. The number of thioether (sulfide) groups is 1. The number of ether oxygens (including phenoxy) is 1. The summed E-state index contributed by atoms with van der Waals surface area (Å²) in [5.74, 6) is 3.21. The topological polar surface area (TPSA) is 41.6 Å². The second kappa shape index (κ2) is 9.18. The number of hydrogen-bond donors (Lipinski definition) is 1. The van der Waals surface area contributed by atoms with Gasteiger partial charge in [-0.15, -0.1) is 12.4 Å². The molecule has 1 aromatic rings. The van der Waals surface area contributed by atoms with Crippen molar-refractivity contribution in [2.75, 3.05) is 32.2 Å². The Labute approximate surface area is 137 Å². The van der Waals surface area contributed by atoms with Gasteiger partial charge in [-0.3, -0.25) is 4.79 Å². The van der Waals surface area contributed by atoms with Crippen LogP contribution in [0, 0.1) is 0 Å².